The molecule has 0 aliphatic heterocycles. The Bertz CT molecular complexity index is 522. The van der Waals surface area contributed by atoms with E-state index >= 15 is 0 Å². The maximum absolute atomic E-state index is 6.13. The number of benzene rings is 1. The van der Waals surface area contributed by atoms with Crippen LogP contribution < -0.4 is 5.73 Å². The Kier molecular flexibility index (Phi) is 2.96. The van der Waals surface area contributed by atoms with E-state index in [-0.39, 0.29) is 11.5 Å². The Morgan fingerprint density at radius 2 is 2.06 bits per heavy atom. The van der Waals surface area contributed by atoms with E-state index in [1.165, 1.54) is 5.56 Å². The van der Waals surface area contributed by atoms with Gasteiger partial charge >= 0.3 is 0 Å². The number of rotatable bonds is 2. The zero-order chi connectivity index (χ0) is 12.6. The van der Waals surface area contributed by atoms with E-state index in [1.807, 2.05) is 18.2 Å². The lowest BCUT2D eigenvalue weighted by molar-refractivity contribution is 0.303. The van der Waals surface area contributed by atoms with Crippen LogP contribution in [-0.2, 0) is 6.42 Å². The molecule has 0 bridgehead atoms. The third kappa shape index (κ3) is 2.67. The van der Waals surface area contributed by atoms with E-state index in [9.17, 15) is 0 Å². The SMILES string of the molecule is Cc1ccc2oc(CC(N)C(C)(C)C)nc2c1. The molecule has 0 saturated heterocycles. The van der Waals surface area contributed by atoms with Gasteiger partial charge in [-0.2, -0.15) is 0 Å². The minimum Gasteiger partial charge on any atom is -0.441 e. The van der Waals surface area contributed by atoms with Crippen LogP contribution in [0.4, 0.5) is 0 Å². The molecule has 1 heterocycles. The molecule has 0 radical (unpaired) electrons. The smallest absolute Gasteiger partial charge is 0.197 e. The van der Waals surface area contributed by atoms with Crippen molar-refractivity contribution in [1.82, 2.24) is 4.98 Å². The molecule has 2 aromatic rings. The normalized spacial score (nSPS) is 14.2. The first-order valence-electron chi connectivity index (χ1n) is 5.98. The fraction of sp³-hybridized carbons (Fsp3) is 0.500. The topological polar surface area (TPSA) is 52.0 Å². The molecule has 0 amide bonds. The Morgan fingerprint density at radius 3 is 2.71 bits per heavy atom. The second kappa shape index (κ2) is 4.15. The summed E-state index contributed by atoms with van der Waals surface area (Å²) in [6.45, 7) is 8.44. The van der Waals surface area contributed by atoms with Crippen LogP contribution in [0.15, 0.2) is 22.6 Å². The third-order valence-electron chi connectivity index (χ3n) is 3.09. The lowest BCUT2D eigenvalue weighted by Crippen LogP contribution is -2.36. The number of nitrogens with two attached hydrogens (primary N) is 1. The number of fused-ring (bicyclic) bond motifs is 1. The van der Waals surface area contributed by atoms with Gasteiger partial charge in [0, 0.05) is 12.5 Å². The lowest BCUT2D eigenvalue weighted by atomic mass is 9.85. The molecule has 1 aromatic carbocycles. The molecule has 0 aliphatic rings. The second-order valence-electron chi connectivity index (χ2n) is 5.76. The fourth-order valence-corrected chi connectivity index (χ4v) is 1.67. The minimum atomic E-state index is 0.0525. The maximum atomic E-state index is 6.13. The van der Waals surface area contributed by atoms with Crippen molar-refractivity contribution >= 4 is 11.1 Å². The van der Waals surface area contributed by atoms with Gasteiger partial charge in [-0.25, -0.2) is 4.98 Å². The average molecular weight is 232 g/mol. The number of hydrogen-bond donors (Lipinski definition) is 1. The summed E-state index contributed by atoms with van der Waals surface area (Å²) in [5, 5.41) is 0. The van der Waals surface area contributed by atoms with E-state index in [4.69, 9.17) is 10.2 Å². The number of nitrogens with zero attached hydrogens (tertiary/aromatic N) is 1. The Labute approximate surface area is 102 Å². The van der Waals surface area contributed by atoms with E-state index in [0.29, 0.717) is 6.42 Å². The first-order chi connectivity index (χ1) is 7.86. The van der Waals surface area contributed by atoms with Gasteiger partial charge in [-0.3, -0.25) is 0 Å². The van der Waals surface area contributed by atoms with Crippen LogP contribution >= 0.6 is 0 Å². The first-order valence-corrected chi connectivity index (χ1v) is 5.98. The number of aromatic nitrogens is 1. The van der Waals surface area contributed by atoms with Gasteiger partial charge < -0.3 is 10.2 Å². The molecule has 3 heteroatoms. The Balaban J connectivity index is 2.25. The van der Waals surface area contributed by atoms with Crippen LogP contribution in [0.3, 0.4) is 0 Å². The van der Waals surface area contributed by atoms with Gasteiger partial charge in [0.1, 0.15) is 5.52 Å². The van der Waals surface area contributed by atoms with Crippen molar-refractivity contribution < 1.29 is 4.42 Å². The quantitative estimate of drug-likeness (QED) is 0.865. The zero-order valence-electron chi connectivity index (χ0n) is 10.9. The molecule has 0 fully saturated rings. The van der Waals surface area contributed by atoms with Crippen LogP contribution in [-0.4, -0.2) is 11.0 Å². The van der Waals surface area contributed by atoms with Crippen molar-refractivity contribution in [2.75, 3.05) is 0 Å². The molecule has 2 N–H and O–H groups in total. The highest BCUT2D eigenvalue weighted by atomic mass is 16.3. The van der Waals surface area contributed by atoms with Crippen molar-refractivity contribution in [3.63, 3.8) is 0 Å². The van der Waals surface area contributed by atoms with Gasteiger partial charge in [0.25, 0.3) is 0 Å². The number of oxazole rings is 1. The second-order valence-corrected chi connectivity index (χ2v) is 5.76. The number of aryl methyl sites for hydroxylation is 1. The predicted molar refractivity (Wildman–Crippen MR) is 69.9 cm³/mol. The minimum absolute atomic E-state index is 0.0525. The maximum Gasteiger partial charge on any atom is 0.197 e. The van der Waals surface area contributed by atoms with Crippen LogP contribution in [0, 0.1) is 12.3 Å². The molecular weight excluding hydrogens is 212 g/mol. The molecule has 0 saturated carbocycles. The van der Waals surface area contributed by atoms with Crippen molar-refractivity contribution in [3.05, 3.63) is 29.7 Å². The molecule has 3 nitrogen and oxygen atoms in total. The van der Waals surface area contributed by atoms with Crippen LogP contribution in [0.2, 0.25) is 0 Å². The van der Waals surface area contributed by atoms with Gasteiger partial charge in [0.05, 0.1) is 0 Å². The molecule has 17 heavy (non-hydrogen) atoms. The lowest BCUT2D eigenvalue weighted by Gasteiger charge is -2.25. The van der Waals surface area contributed by atoms with E-state index in [1.54, 1.807) is 0 Å². The number of hydrogen-bond acceptors (Lipinski definition) is 3. The van der Waals surface area contributed by atoms with E-state index < -0.39 is 0 Å². The molecule has 2 rings (SSSR count). The standard InChI is InChI=1S/C14H20N2O/c1-9-5-6-11-10(7-9)16-13(17-11)8-12(15)14(2,3)4/h5-7,12H,8,15H2,1-4H3. The average Bonchev–Trinajstić information content (AvgIpc) is 2.57. The monoisotopic (exact) mass is 232 g/mol. The Morgan fingerprint density at radius 1 is 1.35 bits per heavy atom. The zero-order valence-corrected chi connectivity index (χ0v) is 10.9. The van der Waals surface area contributed by atoms with Crippen molar-refractivity contribution in [3.8, 4) is 0 Å². The van der Waals surface area contributed by atoms with Crippen molar-refractivity contribution in [2.24, 2.45) is 11.1 Å². The molecular formula is C14H20N2O. The van der Waals surface area contributed by atoms with Gasteiger partial charge in [0.15, 0.2) is 11.5 Å². The van der Waals surface area contributed by atoms with Crippen molar-refractivity contribution in [1.29, 1.82) is 0 Å². The summed E-state index contributed by atoms with van der Waals surface area (Å²) in [5.74, 6) is 0.730. The molecule has 0 aliphatic carbocycles. The van der Waals surface area contributed by atoms with Crippen molar-refractivity contribution in [2.45, 2.75) is 40.2 Å². The van der Waals surface area contributed by atoms with Gasteiger partial charge in [-0.05, 0) is 30.0 Å². The van der Waals surface area contributed by atoms with Gasteiger partial charge in [0.2, 0.25) is 0 Å². The summed E-state index contributed by atoms with van der Waals surface area (Å²) in [4.78, 5) is 4.48. The largest absolute Gasteiger partial charge is 0.441 e. The summed E-state index contributed by atoms with van der Waals surface area (Å²) in [7, 11) is 0. The van der Waals surface area contributed by atoms with E-state index in [0.717, 1.165) is 17.0 Å². The molecule has 1 unspecified atom stereocenters. The molecule has 0 spiro atoms. The van der Waals surface area contributed by atoms with Gasteiger partial charge in [-0.1, -0.05) is 26.8 Å². The van der Waals surface area contributed by atoms with Gasteiger partial charge in [-0.15, -0.1) is 0 Å². The summed E-state index contributed by atoms with van der Waals surface area (Å²) in [5.41, 5.74) is 9.15. The molecule has 1 atom stereocenters. The molecule has 1 aromatic heterocycles. The fourth-order valence-electron chi connectivity index (χ4n) is 1.67. The Hall–Kier alpha value is -1.35. The summed E-state index contributed by atoms with van der Waals surface area (Å²) in [6, 6.07) is 6.08. The third-order valence-corrected chi connectivity index (χ3v) is 3.09. The predicted octanol–water partition coefficient (Wildman–Crippen LogP) is 3.05. The van der Waals surface area contributed by atoms with Crippen LogP contribution in [0.25, 0.3) is 11.1 Å². The van der Waals surface area contributed by atoms with Crippen LogP contribution in [0.5, 0.6) is 0 Å². The highest BCUT2D eigenvalue weighted by Crippen LogP contribution is 2.23. The van der Waals surface area contributed by atoms with Crippen LogP contribution in [0.1, 0.15) is 32.2 Å². The highest BCUT2D eigenvalue weighted by Gasteiger charge is 2.22. The summed E-state index contributed by atoms with van der Waals surface area (Å²) >= 11 is 0. The summed E-state index contributed by atoms with van der Waals surface area (Å²) < 4.78 is 5.70. The summed E-state index contributed by atoms with van der Waals surface area (Å²) in [6.07, 6.45) is 0.678. The molecule has 92 valence electrons. The first kappa shape index (κ1) is 12.1. The highest BCUT2D eigenvalue weighted by molar-refractivity contribution is 5.73. The van der Waals surface area contributed by atoms with E-state index in [2.05, 4.69) is 32.7 Å².